The number of hydrogen-bond acceptors (Lipinski definition) is 6. The number of likely N-dealkylation sites (N-methyl/N-ethyl adjacent to an activating group) is 1. The summed E-state index contributed by atoms with van der Waals surface area (Å²) in [5.41, 5.74) is -0.532. The fraction of sp³-hybridized carbons (Fsp3) is 0.565. The first-order valence-corrected chi connectivity index (χ1v) is 10.8. The average Bonchev–Trinajstić information content (AvgIpc) is 3.34. The van der Waals surface area contributed by atoms with Crippen molar-refractivity contribution in [3.8, 4) is 0 Å². The average molecular weight is 444 g/mol. The van der Waals surface area contributed by atoms with Crippen molar-refractivity contribution in [2.75, 3.05) is 13.6 Å². The maximum Gasteiger partial charge on any atom is 0.248 e. The first-order chi connectivity index (χ1) is 14.9. The second-order valence-corrected chi connectivity index (χ2v) is 9.80. The van der Waals surface area contributed by atoms with Gasteiger partial charge in [0.05, 0.1) is 12.3 Å². The first-order valence-electron chi connectivity index (χ1n) is 10.8. The van der Waals surface area contributed by atoms with Crippen molar-refractivity contribution in [3.05, 3.63) is 47.8 Å². The van der Waals surface area contributed by atoms with Gasteiger partial charge in [-0.1, -0.05) is 56.3 Å². The van der Waals surface area contributed by atoms with Crippen molar-refractivity contribution < 1.29 is 19.8 Å². The molecule has 1 aliphatic rings. The molecule has 174 valence electrons. The molecule has 0 radical (unpaired) electrons. The third kappa shape index (κ3) is 4.99. The smallest absolute Gasteiger partial charge is 0.248 e. The minimum absolute atomic E-state index is 0.0801. The number of aromatic nitrogens is 3. The minimum Gasteiger partial charge on any atom is -0.391 e. The van der Waals surface area contributed by atoms with Gasteiger partial charge in [-0.15, -0.1) is 5.10 Å². The number of aliphatic hydroxyl groups is 2. The molecule has 1 unspecified atom stereocenters. The van der Waals surface area contributed by atoms with Crippen LogP contribution in [0.15, 0.2) is 36.5 Å². The van der Waals surface area contributed by atoms with Gasteiger partial charge in [-0.2, -0.15) is 0 Å². The fourth-order valence-corrected chi connectivity index (χ4v) is 4.24. The molecule has 2 aromatic rings. The van der Waals surface area contributed by atoms with Crippen molar-refractivity contribution in [2.24, 2.45) is 5.41 Å². The molecule has 32 heavy (non-hydrogen) atoms. The summed E-state index contributed by atoms with van der Waals surface area (Å²) in [5.74, 6) is -0.630. The zero-order valence-electron chi connectivity index (χ0n) is 19.3. The van der Waals surface area contributed by atoms with Crippen LogP contribution in [0.3, 0.4) is 0 Å². The highest BCUT2D eigenvalue weighted by atomic mass is 16.3. The molecule has 1 saturated heterocycles. The number of benzene rings is 1. The molecule has 2 amide bonds. The number of nitrogens with one attached hydrogen (secondary N) is 1. The summed E-state index contributed by atoms with van der Waals surface area (Å²) >= 11 is 0. The Labute approximate surface area is 188 Å². The number of rotatable bonds is 6. The predicted molar refractivity (Wildman–Crippen MR) is 118 cm³/mol. The topological polar surface area (TPSA) is 121 Å². The molecular formula is C23H33N5O4. The van der Waals surface area contributed by atoms with Gasteiger partial charge in [0.1, 0.15) is 23.4 Å². The molecule has 0 spiro atoms. The van der Waals surface area contributed by atoms with E-state index >= 15 is 0 Å². The lowest BCUT2D eigenvalue weighted by atomic mass is 9.85. The van der Waals surface area contributed by atoms with E-state index in [1.54, 1.807) is 13.1 Å². The number of amides is 2. The van der Waals surface area contributed by atoms with Gasteiger partial charge in [-0.3, -0.25) is 9.59 Å². The summed E-state index contributed by atoms with van der Waals surface area (Å²) in [7, 11) is 1.51. The van der Waals surface area contributed by atoms with E-state index in [9.17, 15) is 19.8 Å². The van der Waals surface area contributed by atoms with Crippen LogP contribution in [0.2, 0.25) is 0 Å². The van der Waals surface area contributed by atoms with E-state index in [0.717, 1.165) is 5.56 Å². The summed E-state index contributed by atoms with van der Waals surface area (Å²) in [4.78, 5) is 27.3. The van der Waals surface area contributed by atoms with Crippen molar-refractivity contribution in [2.45, 2.75) is 64.3 Å². The van der Waals surface area contributed by atoms with E-state index in [-0.39, 0.29) is 24.8 Å². The van der Waals surface area contributed by atoms with Crippen LogP contribution < -0.4 is 5.32 Å². The third-order valence-corrected chi connectivity index (χ3v) is 5.88. The lowest BCUT2D eigenvalue weighted by Crippen LogP contribution is -2.49. The number of likely N-dealkylation sites (tertiary alicyclic amines) is 1. The Kier molecular flexibility index (Phi) is 6.71. The Morgan fingerprint density at radius 2 is 1.88 bits per heavy atom. The number of aliphatic hydroxyl groups excluding tert-OH is 1. The van der Waals surface area contributed by atoms with Gasteiger partial charge in [-0.25, -0.2) is 4.68 Å². The van der Waals surface area contributed by atoms with Crippen molar-refractivity contribution >= 4 is 11.8 Å². The van der Waals surface area contributed by atoms with Crippen molar-refractivity contribution in [3.63, 3.8) is 0 Å². The first kappa shape index (κ1) is 23.9. The zero-order valence-corrected chi connectivity index (χ0v) is 19.3. The number of β-amino-alcohol motifs (C(OH)–C–C–N with tert-alkyl or cyclic N) is 1. The number of nitrogens with zero attached hydrogens (tertiary/aromatic N) is 4. The second-order valence-electron chi connectivity index (χ2n) is 9.80. The lowest BCUT2D eigenvalue weighted by molar-refractivity contribution is -0.144. The molecule has 2 heterocycles. The van der Waals surface area contributed by atoms with Gasteiger partial charge in [0.25, 0.3) is 0 Å². The normalized spacial score (nSPS) is 21.8. The summed E-state index contributed by atoms with van der Waals surface area (Å²) < 4.78 is 1.46. The Morgan fingerprint density at radius 3 is 2.47 bits per heavy atom. The zero-order chi connectivity index (χ0) is 23.7. The molecule has 0 aliphatic carbocycles. The van der Waals surface area contributed by atoms with Gasteiger partial charge in [0.15, 0.2) is 0 Å². The molecule has 9 nitrogen and oxygen atoms in total. The standard InChI is InChI=1S/C23H33N5O4/c1-22(2,3)19(21(31)27-13-16(29)11-17(27)20(30)24-5)28-14-18(25-26-28)23(4,32)12-15-9-7-6-8-10-15/h6-10,14,16-17,19,29,32H,11-13H2,1-5H3,(H,24,30)/t16-,17+,19+,23?/m0/s1. The molecule has 3 rings (SSSR count). The highest BCUT2D eigenvalue weighted by Crippen LogP contribution is 2.35. The molecule has 0 bridgehead atoms. The van der Waals surface area contributed by atoms with Crippen molar-refractivity contribution in [1.29, 1.82) is 0 Å². The Bertz CT molecular complexity index is 951. The summed E-state index contributed by atoms with van der Waals surface area (Å²) in [6.45, 7) is 7.46. The van der Waals surface area contributed by atoms with E-state index in [1.165, 1.54) is 16.6 Å². The van der Waals surface area contributed by atoms with Gasteiger partial charge < -0.3 is 20.4 Å². The molecule has 4 atom stereocenters. The molecule has 1 fully saturated rings. The molecule has 1 aromatic heterocycles. The van der Waals surface area contributed by atoms with Crippen LogP contribution in [0.5, 0.6) is 0 Å². The van der Waals surface area contributed by atoms with Gasteiger partial charge in [0.2, 0.25) is 11.8 Å². The molecule has 9 heteroatoms. The summed E-state index contributed by atoms with van der Waals surface area (Å²) in [5, 5.41) is 32.1. The van der Waals surface area contributed by atoms with Crippen LogP contribution in [-0.2, 0) is 21.6 Å². The maximum absolute atomic E-state index is 13.6. The summed E-state index contributed by atoms with van der Waals surface area (Å²) in [6, 6.07) is 8.07. The number of hydrogen-bond donors (Lipinski definition) is 3. The largest absolute Gasteiger partial charge is 0.391 e. The van der Waals surface area contributed by atoms with E-state index in [2.05, 4.69) is 15.6 Å². The van der Waals surface area contributed by atoms with Crippen molar-refractivity contribution in [1.82, 2.24) is 25.2 Å². The quantitative estimate of drug-likeness (QED) is 0.613. The predicted octanol–water partition coefficient (Wildman–Crippen LogP) is 1.02. The highest BCUT2D eigenvalue weighted by molar-refractivity contribution is 5.90. The highest BCUT2D eigenvalue weighted by Gasteiger charge is 2.45. The van der Waals surface area contributed by atoms with Crippen LogP contribution >= 0.6 is 0 Å². The van der Waals surface area contributed by atoms with Gasteiger partial charge in [0, 0.05) is 26.4 Å². The number of carbonyl (C=O) groups is 2. The Hall–Kier alpha value is -2.78. The minimum atomic E-state index is -1.28. The molecule has 0 saturated carbocycles. The van der Waals surface area contributed by atoms with E-state index in [1.807, 2.05) is 51.1 Å². The lowest BCUT2D eigenvalue weighted by Gasteiger charge is -2.34. The fourth-order valence-electron chi connectivity index (χ4n) is 4.24. The second kappa shape index (κ2) is 8.99. The number of carbonyl (C=O) groups excluding carboxylic acids is 2. The van der Waals surface area contributed by atoms with E-state index in [4.69, 9.17) is 0 Å². The van der Waals surface area contributed by atoms with Crippen LogP contribution in [-0.4, -0.2) is 67.7 Å². The Morgan fingerprint density at radius 1 is 1.22 bits per heavy atom. The molecule has 1 aliphatic heterocycles. The molecular weight excluding hydrogens is 410 g/mol. The van der Waals surface area contributed by atoms with Crippen LogP contribution in [0.25, 0.3) is 0 Å². The van der Waals surface area contributed by atoms with Crippen LogP contribution in [0.4, 0.5) is 0 Å². The van der Waals surface area contributed by atoms with Crippen LogP contribution in [0.1, 0.15) is 51.4 Å². The molecule has 3 N–H and O–H groups in total. The SMILES string of the molecule is CNC(=O)[C@H]1C[C@H](O)CN1C(=O)[C@@H](n1cc(C(C)(O)Cc2ccccc2)nn1)C(C)(C)C. The third-order valence-electron chi connectivity index (χ3n) is 5.88. The van der Waals surface area contributed by atoms with Crippen LogP contribution in [0, 0.1) is 5.41 Å². The van der Waals surface area contributed by atoms with Gasteiger partial charge >= 0.3 is 0 Å². The Balaban J connectivity index is 1.90. The van der Waals surface area contributed by atoms with Gasteiger partial charge in [-0.05, 0) is 17.9 Å². The van der Waals surface area contributed by atoms with E-state index < -0.39 is 29.2 Å². The van der Waals surface area contributed by atoms with E-state index in [0.29, 0.717) is 12.1 Å². The maximum atomic E-state index is 13.6. The molecule has 1 aromatic carbocycles. The summed E-state index contributed by atoms with van der Waals surface area (Å²) in [6.07, 6.45) is 1.37. The monoisotopic (exact) mass is 443 g/mol.